The minimum absolute atomic E-state index is 0.169. The smallest absolute Gasteiger partial charge is 0.264 e. The molecule has 10 heteroatoms. The number of carbonyl (C=O) groups is 2. The van der Waals surface area contributed by atoms with Gasteiger partial charge in [-0.05, 0) is 62.1 Å². The second-order valence-corrected chi connectivity index (χ2v) is 14.1. The number of piperidine rings is 1. The van der Waals surface area contributed by atoms with E-state index >= 15 is 0 Å². The van der Waals surface area contributed by atoms with Gasteiger partial charge in [0.15, 0.2) is 0 Å². The number of H-pyrrole nitrogens is 1. The number of aromatic amines is 1. The number of carbonyl (C=O) groups excluding carboxylic acids is 2. The Hall–Kier alpha value is -4.15. The maximum Gasteiger partial charge on any atom is 0.264 e. The Morgan fingerprint density at radius 3 is 2.35 bits per heavy atom. The van der Waals surface area contributed by atoms with Crippen LogP contribution >= 0.6 is 0 Å². The Labute approximate surface area is 252 Å². The molecule has 3 heterocycles. The molecule has 4 N–H and O–H groups in total. The second kappa shape index (κ2) is 10.8. The van der Waals surface area contributed by atoms with Crippen LogP contribution in [0.1, 0.15) is 37.8 Å². The first-order chi connectivity index (χ1) is 20.5. The van der Waals surface area contributed by atoms with Gasteiger partial charge in [-0.3, -0.25) is 13.9 Å². The van der Waals surface area contributed by atoms with Crippen LogP contribution in [-0.2, 0) is 31.4 Å². The van der Waals surface area contributed by atoms with Crippen molar-refractivity contribution in [3.05, 3.63) is 96.2 Å². The SMILES string of the molecule is CC(C)(N)C(=O)NC(Cc1c[nH]c2ccccc12)C(=O)N1CCC2(CC1)CN(S(=O)(=O)c1ccccc1)c1ccccc12. The first kappa shape index (κ1) is 28.9. The van der Waals surface area contributed by atoms with Gasteiger partial charge in [-0.1, -0.05) is 54.6 Å². The molecule has 9 nitrogen and oxygen atoms in total. The van der Waals surface area contributed by atoms with Crippen molar-refractivity contribution in [2.75, 3.05) is 23.9 Å². The van der Waals surface area contributed by atoms with Gasteiger partial charge in [0.1, 0.15) is 6.04 Å². The van der Waals surface area contributed by atoms with Crippen LogP contribution in [0.5, 0.6) is 0 Å². The molecule has 1 fully saturated rings. The van der Waals surface area contributed by atoms with Gasteiger partial charge in [0.05, 0.1) is 16.1 Å². The summed E-state index contributed by atoms with van der Waals surface area (Å²) in [7, 11) is -3.75. The third-order valence-electron chi connectivity index (χ3n) is 8.84. The quantitative estimate of drug-likeness (QED) is 0.299. The summed E-state index contributed by atoms with van der Waals surface area (Å²) < 4.78 is 29.0. The third kappa shape index (κ3) is 5.29. The standard InChI is InChI=1S/C33H37N5O4S/c1-32(2,34)31(40)36-28(20-23-21-35-27-14-8-6-12-25(23)27)30(39)37-18-16-33(17-19-37)22-38(29-15-9-7-13-26(29)33)43(41,42)24-10-4-3-5-11-24/h3-15,21,28,35H,16-20,22,34H2,1-2H3,(H,36,40). The minimum Gasteiger partial charge on any atom is -0.361 e. The van der Waals surface area contributed by atoms with Crippen LogP contribution in [0.15, 0.2) is 90.0 Å². The lowest BCUT2D eigenvalue weighted by molar-refractivity contribution is -0.138. The van der Waals surface area contributed by atoms with Crippen LogP contribution in [0.2, 0.25) is 0 Å². The average molecular weight is 600 g/mol. The molecule has 43 heavy (non-hydrogen) atoms. The molecule has 2 amide bonds. The van der Waals surface area contributed by atoms with Gasteiger partial charge >= 0.3 is 0 Å². The van der Waals surface area contributed by atoms with Gasteiger partial charge in [0.25, 0.3) is 10.0 Å². The van der Waals surface area contributed by atoms with Crippen LogP contribution in [-0.4, -0.2) is 61.3 Å². The number of para-hydroxylation sites is 2. The van der Waals surface area contributed by atoms with Crippen molar-refractivity contribution in [1.29, 1.82) is 0 Å². The Kier molecular flexibility index (Phi) is 7.30. The zero-order valence-electron chi connectivity index (χ0n) is 24.4. The summed E-state index contributed by atoms with van der Waals surface area (Å²) >= 11 is 0. The number of nitrogens with one attached hydrogen (secondary N) is 2. The highest BCUT2D eigenvalue weighted by molar-refractivity contribution is 7.92. The Morgan fingerprint density at radius 1 is 0.977 bits per heavy atom. The van der Waals surface area contributed by atoms with E-state index in [0.717, 1.165) is 22.0 Å². The number of benzene rings is 3. The molecule has 2 aliphatic heterocycles. The van der Waals surface area contributed by atoms with Crippen molar-refractivity contribution in [3.8, 4) is 0 Å². The number of aromatic nitrogens is 1. The number of nitrogens with two attached hydrogens (primary N) is 1. The first-order valence-electron chi connectivity index (χ1n) is 14.6. The molecular weight excluding hydrogens is 562 g/mol. The number of anilines is 1. The van der Waals surface area contributed by atoms with E-state index in [2.05, 4.69) is 10.3 Å². The fourth-order valence-corrected chi connectivity index (χ4v) is 7.98. The van der Waals surface area contributed by atoms with E-state index in [1.54, 1.807) is 49.1 Å². The number of amides is 2. The number of hydrogen-bond donors (Lipinski definition) is 3. The lowest BCUT2D eigenvalue weighted by Gasteiger charge is -2.41. The van der Waals surface area contributed by atoms with Crippen LogP contribution in [0.4, 0.5) is 5.69 Å². The van der Waals surface area contributed by atoms with Crippen LogP contribution < -0.4 is 15.4 Å². The maximum atomic E-state index is 14.0. The highest BCUT2D eigenvalue weighted by Gasteiger charge is 2.49. The number of rotatable bonds is 7. The number of likely N-dealkylation sites (tertiary alicyclic amines) is 1. The zero-order valence-corrected chi connectivity index (χ0v) is 25.2. The molecule has 1 saturated heterocycles. The fraction of sp³-hybridized carbons (Fsp3) is 0.333. The lowest BCUT2D eigenvalue weighted by Crippen LogP contribution is -2.58. The van der Waals surface area contributed by atoms with Crippen molar-refractivity contribution in [3.63, 3.8) is 0 Å². The summed E-state index contributed by atoms with van der Waals surface area (Å²) in [5.41, 5.74) is 8.11. The Morgan fingerprint density at radius 2 is 1.63 bits per heavy atom. The number of nitrogens with zero attached hydrogens (tertiary/aromatic N) is 2. The lowest BCUT2D eigenvalue weighted by atomic mass is 9.74. The van der Waals surface area contributed by atoms with Gasteiger partial charge in [-0.2, -0.15) is 0 Å². The van der Waals surface area contributed by atoms with Gasteiger partial charge in [-0.25, -0.2) is 8.42 Å². The summed E-state index contributed by atoms with van der Waals surface area (Å²) in [5.74, 6) is -0.566. The topological polar surface area (TPSA) is 129 Å². The molecule has 6 rings (SSSR count). The fourth-order valence-electron chi connectivity index (χ4n) is 6.39. The van der Waals surface area contributed by atoms with Crippen molar-refractivity contribution < 1.29 is 18.0 Å². The number of fused-ring (bicyclic) bond motifs is 3. The largest absolute Gasteiger partial charge is 0.361 e. The molecule has 3 aromatic carbocycles. The van der Waals surface area contributed by atoms with Crippen molar-refractivity contribution >= 4 is 38.4 Å². The molecule has 2 aliphatic rings. The molecule has 0 radical (unpaired) electrons. The Balaban J connectivity index is 1.24. The van der Waals surface area contributed by atoms with Gasteiger partial charge in [0.2, 0.25) is 11.8 Å². The summed E-state index contributed by atoms with van der Waals surface area (Å²) in [6.45, 7) is 4.44. The van der Waals surface area contributed by atoms with E-state index in [-0.39, 0.29) is 10.8 Å². The van der Waals surface area contributed by atoms with E-state index in [1.165, 1.54) is 4.31 Å². The molecule has 1 spiro atoms. The van der Waals surface area contributed by atoms with Crippen molar-refractivity contribution in [2.45, 2.75) is 55.0 Å². The molecule has 1 atom stereocenters. The van der Waals surface area contributed by atoms with Gasteiger partial charge in [0, 0.05) is 48.6 Å². The van der Waals surface area contributed by atoms with Gasteiger partial charge < -0.3 is 20.9 Å². The van der Waals surface area contributed by atoms with E-state index in [4.69, 9.17) is 5.73 Å². The first-order valence-corrected chi connectivity index (χ1v) is 16.0. The molecule has 1 unspecified atom stereocenters. The van der Waals surface area contributed by atoms with E-state index in [0.29, 0.717) is 44.6 Å². The minimum atomic E-state index is -3.75. The molecular formula is C33H37N5O4S. The van der Waals surface area contributed by atoms with Crippen LogP contribution in [0, 0.1) is 0 Å². The van der Waals surface area contributed by atoms with E-state index < -0.39 is 32.9 Å². The predicted octanol–water partition coefficient (Wildman–Crippen LogP) is 3.70. The van der Waals surface area contributed by atoms with Crippen molar-refractivity contribution in [1.82, 2.24) is 15.2 Å². The average Bonchev–Trinajstić information content (AvgIpc) is 3.56. The van der Waals surface area contributed by atoms with Crippen LogP contribution in [0.25, 0.3) is 10.9 Å². The number of hydrogen-bond acceptors (Lipinski definition) is 5. The normalized spacial score (nSPS) is 17.2. The molecule has 0 saturated carbocycles. The van der Waals surface area contributed by atoms with E-state index in [1.807, 2.05) is 54.7 Å². The molecule has 1 aromatic heterocycles. The molecule has 224 valence electrons. The summed E-state index contributed by atoms with van der Waals surface area (Å²) in [5, 5.41) is 3.92. The summed E-state index contributed by atoms with van der Waals surface area (Å²) in [4.78, 5) is 32.3. The summed E-state index contributed by atoms with van der Waals surface area (Å²) in [6, 6.07) is 23.2. The van der Waals surface area contributed by atoms with E-state index in [9.17, 15) is 18.0 Å². The zero-order chi connectivity index (χ0) is 30.4. The predicted molar refractivity (Wildman–Crippen MR) is 167 cm³/mol. The highest BCUT2D eigenvalue weighted by Crippen LogP contribution is 2.48. The number of sulfonamides is 1. The monoisotopic (exact) mass is 599 g/mol. The Bertz CT molecular complexity index is 1770. The second-order valence-electron chi connectivity index (χ2n) is 12.3. The molecule has 0 aliphatic carbocycles. The third-order valence-corrected chi connectivity index (χ3v) is 10.6. The van der Waals surface area contributed by atoms with Gasteiger partial charge in [-0.15, -0.1) is 0 Å². The van der Waals surface area contributed by atoms with Crippen LogP contribution in [0.3, 0.4) is 0 Å². The van der Waals surface area contributed by atoms with Crippen molar-refractivity contribution in [2.24, 2.45) is 5.73 Å². The summed E-state index contributed by atoms with van der Waals surface area (Å²) in [6.07, 6.45) is 3.41. The molecule has 0 bridgehead atoms. The maximum absolute atomic E-state index is 14.0. The highest BCUT2D eigenvalue weighted by atomic mass is 32.2. The molecule has 4 aromatic rings.